The van der Waals surface area contributed by atoms with Crippen LogP contribution in [-0.2, 0) is 16.4 Å². The highest BCUT2D eigenvalue weighted by molar-refractivity contribution is 9.10. The van der Waals surface area contributed by atoms with E-state index in [4.69, 9.17) is 4.42 Å². The Hall–Kier alpha value is -2.29. The summed E-state index contributed by atoms with van der Waals surface area (Å²) in [6.45, 7) is 0.902. The van der Waals surface area contributed by atoms with E-state index in [0.29, 0.717) is 11.3 Å². The number of anilines is 1. The number of rotatable bonds is 6. The quantitative estimate of drug-likeness (QED) is 0.440. The van der Waals surface area contributed by atoms with E-state index >= 15 is 0 Å². The normalized spacial score (nSPS) is 12.3. The van der Waals surface area contributed by atoms with Crippen LogP contribution in [0.25, 0.3) is 21.9 Å². The van der Waals surface area contributed by atoms with Crippen molar-refractivity contribution in [3.8, 4) is 0 Å². The number of benzene rings is 2. The molecule has 0 fully saturated rings. The molecule has 0 radical (unpaired) electrons. The van der Waals surface area contributed by atoms with Crippen LogP contribution < -0.4 is 4.72 Å². The maximum atomic E-state index is 12.8. The van der Waals surface area contributed by atoms with Gasteiger partial charge in [-0.2, -0.15) is 8.42 Å². The molecule has 4 rings (SSSR count). The molecule has 28 heavy (non-hydrogen) atoms. The number of sulfonamides is 1. The maximum absolute atomic E-state index is 12.8. The number of aromatic amines is 1. The molecule has 0 bridgehead atoms. The molecule has 0 aliphatic heterocycles. The lowest BCUT2D eigenvalue weighted by atomic mass is 10.1. The highest BCUT2D eigenvalue weighted by atomic mass is 79.9. The molecule has 0 saturated heterocycles. The van der Waals surface area contributed by atoms with E-state index in [1.807, 2.05) is 44.6 Å². The maximum Gasteiger partial charge on any atom is 0.295 e. The third-order valence-electron chi connectivity index (χ3n) is 4.58. The molecular weight excluding hydrogens is 442 g/mol. The molecule has 2 aromatic heterocycles. The predicted octanol–water partition coefficient (Wildman–Crippen LogP) is 4.58. The van der Waals surface area contributed by atoms with E-state index in [9.17, 15) is 8.42 Å². The number of hydrogen-bond donors (Lipinski definition) is 2. The Morgan fingerprint density at radius 1 is 1.18 bits per heavy atom. The Morgan fingerprint density at radius 3 is 2.71 bits per heavy atom. The minimum Gasteiger partial charge on any atom is -0.443 e. The highest BCUT2D eigenvalue weighted by Crippen LogP contribution is 2.32. The van der Waals surface area contributed by atoms with E-state index in [0.717, 1.165) is 39.3 Å². The van der Waals surface area contributed by atoms with Gasteiger partial charge < -0.3 is 14.3 Å². The summed E-state index contributed by atoms with van der Waals surface area (Å²) in [7, 11) is 0.213. The first-order chi connectivity index (χ1) is 13.3. The summed E-state index contributed by atoms with van der Waals surface area (Å²) in [4.78, 5) is 5.37. The first kappa shape index (κ1) is 19.0. The van der Waals surface area contributed by atoms with Crippen LogP contribution >= 0.6 is 15.9 Å². The number of likely N-dealkylation sites (N-methyl/N-ethyl adjacent to an activating group) is 1. The van der Waals surface area contributed by atoms with Gasteiger partial charge in [0.15, 0.2) is 0 Å². The van der Waals surface area contributed by atoms with Crippen molar-refractivity contribution >= 4 is 53.5 Å². The lowest BCUT2D eigenvalue weighted by molar-refractivity contribution is 0.414. The van der Waals surface area contributed by atoms with Gasteiger partial charge in [-0.25, -0.2) is 0 Å². The molecule has 0 amide bonds. The fourth-order valence-electron chi connectivity index (χ4n) is 3.15. The van der Waals surface area contributed by atoms with E-state index in [-0.39, 0.29) is 5.09 Å². The van der Waals surface area contributed by atoms with Crippen LogP contribution in [0, 0.1) is 0 Å². The van der Waals surface area contributed by atoms with Gasteiger partial charge in [-0.3, -0.25) is 4.72 Å². The van der Waals surface area contributed by atoms with Crippen LogP contribution in [0.1, 0.15) is 5.56 Å². The molecule has 146 valence electrons. The topological polar surface area (TPSA) is 78.3 Å². The molecule has 8 heteroatoms. The van der Waals surface area contributed by atoms with Crippen molar-refractivity contribution in [2.45, 2.75) is 11.5 Å². The number of nitrogens with zero attached hydrogens (tertiary/aromatic N) is 1. The van der Waals surface area contributed by atoms with Crippen molar-refractivity contribution in [2.75, 3.05) is 25.4 Å². The Morgan fingerprint density at radius 2 is 1.96 bits per heavy atom. The largest absolute Gasteiger partial charge is 0.443 e. The van der Waals surface area contributed by atoms with Gasteiger partial charge in [0, 0.05) is 34.1 Å². The Labute approximate surface area is 171 Å². The molecule has 0 aliphatic carbocycles. The number of H-pyrrole nitrogens is 1. The van der Waals surface area contributed by atoms with Crippen molar-refractivity contribution < 1.29 is 12.8 Å². The third kappa shape index (κ3) is 3.67. The van der Waals surface area contributed by atoms with Crippen LogP contribution in [0.15, 0.2) is 62.6 Å². The molecule has 6 nitrogen and oxygen atoms in total. The molecule has 0 spiro atoms. The molecule has 2 N–H and O–H groups in total. The minimum atomic E-state index is -3.84. The molecule has 4 aromatic rings. The number of hydrogen-bond acceptors (Lipinski definition) is 4. The summed E-state index contributed by atoms with van der Waals surface area (Å²) < 4.78 is 34.6. The zero-order valence-electron chi connectivity index (χ0n) is 15.5. The number of nitrogens with one attached hydrogen (secondary N) is 2. The monoisotopic (exact) mass is 461 g/mol. The van der Waals surface area contributed by atoms with Crippen LogP contribution in [0.2, 0.25) is 0 Å². The van der Waals surface area contributed by atoms with Crippen molar-refractivity contribution in [1.82, 2.24) is 9.88 Å². The Bertz CT molecular complexity index is 1230. The van der Waals surface area contributed by atoms with Gasteiger partial charge in [-0.15, -0.1) is 0 Å². The van der Waals surface area contributed by atoms with Crippen molar-refractivity contribution in [3.05, 3.63) is 58.7 Å². The second-order valence-corrected chi connectivity index (χ2v) is 9.42. The minimum absolute atomic E-state index is 0.105. The number of aromatic nitrogens is 1. The van der Waals surface area contributed by atoms with Crippen molar-refractivity contribution in [2.24, 2.45) is 0 Å². The first-order valence-corrected chi connectivity index (χ1v) is 11.1. The molecule has 0 aliphatic rings. The SMILES string of the molecule is CN(C)CCc1c[nH]c2c(Br)cc(NS(=O)(=O)c3cc4ccccc4o3)cc12. The van der Waals surface area contributed by atoms with Gasteiger partial charge in [0.05, 0.1) is 11.2 Å². The third-order valence-corrected chi connectivity index (χ3v) is 6.44. The summed E-state index contributed by atoms with van der Waals surface area (Å²) in [6, 6.07) is 12.3. The summed E-state index contributed by atoms with van der Waals surface area (Å²) >= 11 is 3.53. The number of halogens is 1. The molecule has 0 unspecified atom stereocenters. The van der Waals surface area contributed by atoms with E-state index in [1.54, 1.807) is 12.1 Å². The van der Waals surface area contributed by atoms with E-state index in [1.165, 1.54) is 6.07 Å². The van der Waals surface area contributed by atoms with Gasteiger partial charge in [0.2, 0.25) is 5.09 Å². The number of fused-ring (bicyclic) bond motifs is 2. The first-order valence-electron chi connectivity index (χ1n) is 8.79. The zero-order chi connectivity index (χ0) is 19.9. The zero-order valence-corrected chi connectivity index (χ0v) is 17.9. The molecule has 2 aromatic carbocycles. The number of para-hydroxylation sites is 1. The van der Waals surface area contributed by atoms with Gasteiger partial charge in [0.25, 0.3) is 10.0 Å². The van der Waals surface area contributed by atoms with Crippen molar-refractivity contribution in [1.29, 1.82) is 0 Å². The second-order valence-electron chi connectivity index (χ2n) is 6.96. The summed E-state index contributed by atoms with van der Waals surface area (Å²) in [6.07, 6.45) is 2.83. The molecule has 0 saturated carbocycles. The fraction of sp³-hybridized carbons (Fsp3) is 0.200. The molecule has 2 heterocycles. The predicted molar refractivity (Wildman–Crippen MR) is 115 cm³/mol. The standard InChI is InChI=1S/C20H20BrN3O3S/c1-24(2)8-7-14-12-22-20-16(14)10-15(11-17(20)21)23-28(25,26)19-9-13-5-3-4-6-18(13)27-19/h3-6,9-12,22-23H,7-8H2,1-2H3. The van der Waals surface area contributed by atoms with Crippen LogP contribution in [-0.4, -0.2) is 38.9 Å². The fourth-order valence-corrected chi connectivity index (χ4v) is 4.73. The summed E-state index contributed by atoms with van der Waals surface area (Å²) in [5.41, 5.74) is 3.09. The lowest BCUT2D eigenvalue weighted by Crippen LogP contribution is -2.15. The average Bonchev–Trinajstić information content (AvgIpc) is 3.24. The Balaban J connectivity index is 1.69. The number of furan rings is 1. The van der Waals surface area contributed by atoms with Gasteiger partial charge >= 0.3 is 0 Å². The smallest absolute Gasteiger partial charge is 0.295 e. The van der Waals surface area contributed by atoms with E-state index < -0.39 is 10.0 Å². The van der Waals surface area contributed by atoms with E-state index in [2.05, 4.69) is 30.5 Å². The lowest BCUT2D eigenvalue weighted by Gasteiger charge is -2.10. The average molecular weight is 462 g/mol. The van der Waals surface area contributed by atoms with Crippen LogP contribution in [0.5, 0.6) is 0 Å². The molecule has 0 atom stereocenters. The van der Waals surface area contributed by atoms with Gasteiger partial charge in [-0.1, -0.05) is 18.2 Å². The van der Waals surface area contributed by atoms with Gasteiger partial charge in [0.1, 0.15) is 5.58 Å². The van der Waals surface area contributed by atoms with Crippen molar-refractivity contribution in [3.63, 3.8) is 0 Å². The molecular formula is C20H20BrN3O3S. The van der Waals surface area contributed by atoms with Crippen LogP contribution in [0.4, 0.5) is 5.69 Å². The summed E-state index contributed by atoms with van der Waals surface area (Å²) in [5.74, 6) is 0. The van der Waals surface area contributed by atoms with Gasteiger partial charge in [-0.05, 0) is 60.2 Å². The summed E-state index contributed by atoms with van der Waals surface area (Å²) in [5, 5.41) is 1.63. The second kappa shape index (κ2) is 7.27. The highest BCUT2D eigenvalue weighted by Gasteiger charge is 2.20. The Kier molecular flexibility index (Phi) is 4.95. The van der Waals surface area contributed by atoms with Crippen LogP contribution in [0.3, 0.4) is 0 Å².